The first-order valence-electron chi connectivity index (χ1n) is 4.28. The monoisotopic (exact) mass is 249 g/mol. The number of benzene rings is 1. The molecular weight excluding hydrogens is 239 g/mol. The van der Waals surface area contributed by atoms with E-state index in [4.69, 9.17) is 18.1 Å². The molecule has 0 amide bonds. The zero-order valence-electron chi connectivity index (χ0n) is 8.38. The first-order chi connectivity index (χ1) is 7.32. The normalized spacial score (nSPS) is 11.1. The largest absolute Gasteiger partial charge is 0.418 e. The molecule has 1 aromatic carbocycles. The summed E-state index contributed by atoms with van der Waals surface area (Å²) >= 11 is 4.76. The van der Waals surface area contributed by atoms with E-state index in [2.05, 4.69) is 5.32 Å². The van der Waals surface area contributed by atoms with Gasteiger partial charge in [-0.05, 0) is 24.4 Å². The van der Waals surface area contributed by atoms with Crippen molar-refractivity contribution >= 4 is 23.0 Å². The summed E-state index contributed by atoms with van der Waals surface area (Å²) in [6.07, 6.45) is -4.42. The van der Waals surface area contributed by atoms with E-state index in [9.17, 15) is 13.2 Å². The third-order valence-electron chi connectivity index (χ3n) is 1.79. The predicted octanol–water partition coefficient (Wildman–Crippen LogP) is 2.21. The molecule has 3 N–H and O–H groups in total. The number of hydrogen-bond acceptors (Lipinski definition) is 2. The van der Waals surface area contributed by atoms with Crippen LogP contribution < -0.4 is 11.2 Å². The van der Waals surface area contributed by atoms with E-state index in [1.54, 1.807) is 0 Å². The van der Waals surface area contributed by atoms with Crippen LogP contribution in [-0.4, -0.2) is 17.2 Å². The molecule has 0 unspecified atom stereocenters. The van der Waals surface area contributed by atoms with E-state index in [0.29, 0.717) is 0 Å². The Labute approximate surface area is 96.0 Å². The van der Waals surface area contributed by atoms with Gasteiger partial charge in [-0.2, -0.15) is 13.2 Å². The number of rotatable bonds is 1. The molecule has 0 saturated carbocycles. The topological polar surface area (TPSA) is 41.3 Å². The highest BCUT2D eigenvalue weighted by Gasteiger charge is 2.33. The number of halogens is 3. The van der Waals surface area contributed by atoms with Gasteiger partial charge < -0.3 is 5.32 Å². The molecule has 3 nitrogen and oxygen atoms in total. The molecule has 1 rings (SSSR count). The van der Waals surface area contributed by atoms with Crippen LogP contribution in [0.1, 0.15) is 5.56 Å². The molecule has 0 heterocycles. The lowest BCUT2D eigenvalue weighted by Gasteiger charge is -2.18. The molecule has 0 atom stereocenters. The number of hydrogen-bond donors (Lipinski definition) is 2. The van der Waals surface area contributed by atoms with Gasteiger partial charge in [-0.3, -0.25) is 5.01 Å². The van der Waals surface area contributed by atoms with Gasteiger partial charge in [-0.15, -0.1) is 0 Å². The highest BCUT2D eigenvalue weighted by atomic mass is 32.1. The zero-order chi connectivity index (χ0) is 12.3. The summed E-state index contributed by atoms with van der Waals surface area (Å²) in [5.74, 6) is 5.29. The molecule has 0 aromatic heterocycles. The van der Waals surface area contributed by atoms with Crippen molar-refractivity contribution in [3.05, 3.63) is 29.8 Å². The third-order valence-corrected chi connectivity index (χ3v) is 2.18. The number of nitrogens with zero attached hydrogens (tertiary/aromatic N) is 1. The van der Waals surface area contributed by atoms with Crippen molar-refractivity contribution in [2.75, 3.05) is 12.4 Å². The number of nitrogens with two attached hydrogens (primary N) is 1. The van der Waals surface area contributed by atoms with Crippen molar-refractivity contribution in [2.45, 2.75) is 6.18 Å². The zero-order valence-corrected chi connectivity index (χ0v) is 9.19. The molecule has 88 valence electrons. The number of hydrazine groups is 1. The number of nitrogens with one attached hydrogen (secondary N) is 1. The maximum absolute atomic E-state index is 12.6. The fourth-order valence-corrected chi connectivity index (χ4v) is 1.15. The Morgan fingerprint density at radius 1 is 1.38 bits per heavy atom. The average Bonchev–Trinajstić information content (AvgIpc) is 2.16. The summed E-state index contributed by atoms with van der Waals surface area (Å²) in [5.41, 5.74) is -0.892. The van der Waals surface area contributed by atoms with E-state index in [1.807, 2.05) is 0 Å². The Morgan fingerprint density at radius 3 is 2.44 bits per heavy atom. The van der Waals surface area contributed by atoms with Crippen molar-refractivity contribution in [1.82, 2.24) is 5.01 Å². The molecule has 0 saturated heterocycles. The number of anilines is 1. The SMILES string of the molecule is CN(N)C(=S)Nc1ccccc1C(F)(F)F. The van der Waals surface area contributed by atoms with Crippen LogP contribution in [0.15, 0.2) is 24.3 Å². The Morgan fingerprint density at radius 2 is 1.94 bits per heavy atom. The number of para-hydroxylation sites is 1. The maximum Gasteiger partial charge on any atom is 0.418 e. The Kier molecular flexibility index (Phi) is 3.71. The van der Waals surface area contributed by atoms with Crippen molar-refractivity contribution in [2.24, 2.45) is 5.84 Å². The Bertz CT molecular complexity index is 390. The Hall–Kier alpha value is -1.34. The van der Waals surface area contributed by atoms with Crippen LogP contribution in [0.2, 0.25) is 0 Å². The highest BCUT2D eigenvalue weighted by molar-refractivity contribution is 7.80. The first-order valence-corrected chi connectivity index (χ1v) is 4.69. The van der Waals surface area contributed by atoms with Gasteiger partial charge in [0.05, 0.1) is 11.3 Å². The average molecular weight is 249 g/mol. The summed E-state index contributed by atoms with van der Waals surface area (Å²) in [6.45, 7) is 0. The first kappa shape index (κ1) is 12.7. The third kappa shape index (κ3) is 3.07. The van der Waals surface area contributed by atoms with Gasteiger partial charge in [0, 0.05) is 7.05 Å². The molecule has 0 fully saturated rings. The highest BCUT2D eigenvalue weighted by Crippen LogP contribution is 2.34. The fraction of sp³-hybridized carbons (Fsp3) is 0.222. The smallest absolute Gasteiger partial charge is 0.331 e. The molecule has 0 aliphatic rings. The van der Waals surface area contributed by atoms with Crippen molar-refractivity contribution in [3.8, 4) is 0 Å². The van der Waals surface area contributed by atoms with E-state index in [0.717, 1.165) is 11.1 Å². The Balaban J connectivity index is 3.01. The van der Waals surface area contributed by atoms with Gasteiger partial charge in [0.2, 0.25) is 0 Å². The molecule has 0 aliphatic carbocycles. The van der Waals surface area contributed by atoms with Crippen LogP contribution in [0.4, 0.5) is 18.9 Å². The molecule has 7 heteroatoms. The molecule has 0 radical (unpaired) electrons. The van der Waals surface area contributed by atoms with Crippen molar-refractivity contribution < 1.29 is 13.2 Å². The lowest BCUT2D eigenvalue weighted by atomic mass is 10.2. The lowest BCUT2D eigenvalue weighted by molar-refractivity contribution is -0.136. The van der Waals surface area contributed by atoms with Gasteiger partial charge in [-0.1, -0.05) is 12.1 Å². The van der Waals surface area contributed by atoms with E-state index in [-0.39, 0.29) is 10.8 Å². The van der Waals surface area contributed by atoms with E-state index >= 15 is 0 Å². The summed E-state index contributed by atoms with van der Waals surface area (Å²) < 4.78 is 37.7. The summed E-state index contributed by atoms with van der Waals surface area (Å²) in [6, 6.07) is 5.06. The summed E-state index contributed by atoms with van der Waals surface area (Å²) in [7, 11) is 1.44. The lowest BCUT2D eigenvalue weighted by Crippen LogP contribution is -2.37. The van der Waals surface area contributed by atoms with Gasteiger partial charge in [0.1, 0.15) is 0 Å². The standard InChI is InChI=1S/C9H10F3N3S/c1-15(13)8(16)14-7-5-3-2-4-6(7)9(10,11)12/h2-5H,13H2,1H3,(H,14,16). The second-order valence-corrected chi connectivity index (χ2v) is 3.47. The van der Waals surface area contributed by atoms with Crippen molar-refractivity contribution in [1.29, 1.82) is 0 Å². The quantitative estimate of drug-likeness (QED) is 0.455. The van der Waals surface area contributed by atoms with Crippen LogP contribution in [-0.2, 0) is 6.18 Å². The molecule has 0 bridgehead atoms. The second-order valence-electron chi connectivity index (χ2n) is 3.08. The summed E-state index contributed by atoms with van der Waals surface area (Å²) in [4.78, 5) is 0. The van der Waals surface area contributed by atoms with Crippen LogP contribution in [0, 0.1) is 0 Å². The minimum Gasteiger partial charge on any atom is -0.331 e. The van der Waals surface area contributed by atoms with Gasteiger partial charge in [0.25, 0.3) is 0 Å². The molecule has 0 aliphatic heterocycles. The minimum absolute atomic E-state index is 0.0108. The molecular formula is C9H10F3N3S. The second kappa shape index (κ2) is 4.67. The predicted molar refractivity (Wildman–Crippen MR) is 59.6 cm³/mol. The van der Waals surface area contributed by atoms with E-state index in [1.165, 1.54) is 25.2 Å². The maximum atomic E-state index is 12.6. The number of thiocarbonyl (C=S) groups is 1. The molecule has 16 heavy (non-hydrogen) atoms. The summed E-state index contributed by atoms with van der Waals surface area (Å²) in [5, 5.41) is 3.47. The fourth-order valence-electron chi connectivity index (χ4n) is 1.04. The van der Waals surface area contributed by atoms with Crippen LogP contribution in [0.25, 0.3) is 0 Å². The molecule has 1 aromatic rings. The van der Waals surface area contributed by atoms with Gasteiger partial charge in [-0.25, -0.2) is 5.84 Å². The minimum atomic E-state index is -4.42. The molecule has 0 spiro atoms. The van der Waals surface area contributed by atoms with Gasteiger partial charge in [0.15, 0.2) is 5.11 Å². The van der Waals surface area contributed by atoms with Crippen LogP contribution in [0.5, 0.6) is 0 Å². The number of alkyl halides is 3. The van der Waals surface area contributed by atoms with Gasteiger partial charge >= 0.3 is 6.18 Å². The van der Waals surface area contributed by atoms with Crippen LogP contribution >= 0.6 is 12.2 Å². The van der Waals surface area contributed by atoms with E-state index < -0.39 is 11.7 Å². The van der Waals surface area contributed by atoms with Crippen molar-refractivity contribution in [3.63, 3.8) is 0 Å². The van der Waals surface area contributed by atoms with Crippen LogP contribution in [0.3, 0.4) is 0 Å².